The Morgan fingerprint density at radius 1 is 1.32 bits per heavy atom. The molecular formula is C13H13BrN2O2S. The molecule has 0 N–H and O–H groups in total. The molecule has 1 saturated heterocycles. The quantitative estimate of drug-likeness (QED) is 0.844. The number of pyridine rings is 1. The highest BCUT2D eigenvalue weighted by molar-refractivity contribution is 9.10. The second kappa shape index (κ2) is 4.85. The summed E-state index contributed by atoms with van der Waals surface area (Å²) in [5, 5.41) is 1.01. The minimum atomic E-state index is -3.07. The SMILES string of the molecule is O=S1(=O)CCCN1Cc1ccc(Br)c2cccnc12. The molecule has 3 rings (SSSR count). The fourth-order valence-corrected chi connectivity index (χ4v) is 4.33. The summed E-state index contributed by atoms with van der Waals surface area (Å²) < 4.78 is 26.3. The first-order valence-electron chi connectivity index (χ1n) is 6.08. The molecule has 1 aliphatic heterocycles. The lowest BCUT2D eigenvalue weighted by molar-refractivity contribution is 0.441. The first kappa shape index (κ1) is 13.0. The van der Waals surface area contributed by atoms with Crippen LogP contribution in [0.25, 0.3) is 10.9 Å². The summed E-state index contributed by atoms with van der Waals surface area (Å²) >= 11 is 3.49. The van der Waals surface area contributed by atoms with Crippen LogP contribution in [0.2, 0.25) is 0 Å². The Kier molecular flexibility index (Phi) is 3.32. The predicted molar refractivity (Wildman–Crippen MR) is 78.3 cm³/mol. The third kappa shape index (κ3) is 2.40. The van der Waals surface area contributed by atoms with E-state index in [9.17, 15) is 8.42 Å². The van der Waals surface area contributed by atoms with Gasteiger partial charge in [-0.15, -0.1) is 0 Å². The van der Waals surface area contributed by atoms with Crippen molar-refractivity contribution in [2.75, 3.05) is 12.3 Å². The van der Waals surface area contributed by atoms with Crippen LogP contribution in [0, 0.1) is 0 Å². The second-order valence-corrected chi connectivity index (χ2v) is 7.55. The molecule has 0 unspecified atom stereocenters. The van der Waals surface area contributed by atoms with Gasteiger partial charge in [0, 0.05) is 29.1 Å². The molecule has 0 bridgehead atoms. The van der Waals surface area contributed by atoms with E-state index in [1.165, 1.54) is 0 Å². The second-order valence-electron chi connectivity index (χ2n) is 4.61. The fourth-order valence-electron chi connectivity index (χ4n) is 2.38. The van der Waals surface area contributed by atoms with Gasteiger partial charge in [-0.1, -0.05) is 28.1 Å². The Morgan fingerprint density at radius 3 is 2.89 bits per heavy atom. The molecule has 6 heteroatoms. The van der Waals surface area contributed by atoms with Crippen molar-refractivity contribution in [3.05, 3.63) is 40.5 Å². The zero-order valence-corrected chi connectivity index (χ0v) is 12.6. The molecule has 0 saturated carbocycles. The summed E-state index contributed by atoms with van der Waals surface area (Å²) in [6, 6.07) is 7.74. The minimum Gasteiger partial charge on any atom is -0.256 e. The van der Waals surface area contributed by atoms with Crippen molar-refractivity contribution in [1.29, 1.82) is 0 Å². The average molecular weight is 341 g/mol. The van der Waals surface area contributed by atoms with Gasteiger partial charge in [-0.25, -0.2) is 8.42 Å². The summed E-state index contributed by atoms with van der Waals surface area (Å²) in [5.74, 6) is 0.259. The summed E-state index contributed by atoms with van der Waals surface area (Å²) in [6.45, 7) is 1.01. The number of fused-ring (bicyclic) bond motifs is 1. The van der Waals surface area contributed by atoms with Crippen molar-refractivity contribution in [2.24, 2.45) is 0 Å². The summed E-state index contributed by atoms with van der Waals surface area (Å²) in [4.78, 5) is 4.38. The Balaban J connectivity index is 2.05. The molecule has 0 amide bonds. The van der Waals surface area contributed by atoms with E-state index in [1.54, 1.807) is 10.5 Å². The Bertz CT molecular complexity index is 731. The van der Waals surface area contributed by atoms with E-state index in [1.807, 2.05) is 24.3 Å². The minimum absolute atomic E-state index is 0.259. The third-order valence-corrected chi connectivity index (χ3v) is 5.94. The van der Waals surface area contributed by atoms with Crippen LogP contribution in [0.1, 0.15) is 12.0 Å². The summed E-state index contributed by atoms with van der Waals surface area (Å²) in [5.41, 5.74) is 1.81. The van der Waals surface area contributed by atoms with Crippen LogP contribution in [0.5, 0.6) is 0 Å². The van der Waals surface area contributed by atoms with E-state index >= 15 is 0 Å². The van der Waals surface area contributed by atoms with Gasteiger partial charge in [-0.3, -0.25) is 4.98 Å². The fraction of sp³-hybridized carbons (Fsp3) is 0.308. The van der Waals surface area contributed by atoms with Gasteiger partial charge in [0.05, 0.1) is 11.3 Å². The van der Waals surface area contributed by atoms with Crippen LogP contribution < -0.4 is 0 Å². The molecule has 0 spiro atoms. The van der Waals surface area contributed by atoms with Gasteiger partial charge in [-0.2, -0.15) is 4.31 Å². The molecule has 100 valence electrons. The molecule has 1 fully saturated rings. The maximum absolute atomic E-state index is 11.9. The van der Waals surface area contributed by atoms with Crippen LogP contribution in [-0.2, 0) is 16.6 Å². The number of hydrogen-bond acceptors (Lipinski definition) is 3. The topological polar surface area (TPSA) is 50.3 Å². The zero-order valence-electron chi connectivity index (χ0n) is 10.2. The predicted octanol–water partition coefficient (Wildman–Crippen LogP) is 2.53. The van der Waals surface area contributed by atoms with Gasteiger partial charge in [0.2, 0.25) is 10.0 Å². The van der Waals surface area contributed by atoms with Crippen molar-refractivity contribution in [1.82, 2.24) is 9.29 Å². The lowest BCUT2D eigenvalue weighted by Crippen LogP contribution is -2.25. The number of benzene rings is 1. The van der Waals surface area contributed by atoms with Crippen LogP contribution in [0.3, 0.4) is 0 Å². The standard InChI is InChI=1S/C13H13BrN2O2S/c14-12-5-4-10(13-11(12)3-1-6-15-13)9-16-7-2-8-19(16,17)18/h1,3-6H,2,7-9H2. The Morgan fingerprint density at radius 2 is 2.16 bits per heavy atom. The summed E-state index contributed by atoms with van der Waals surface area (Å²) in [7, 11) is -3.07. The number of aromatic nitrogens is 1. The van der Waals surface area contributed by atoms with Gasteiger partial charge in [0.15, 0.2) is 0 Å². The van der Waals surface area contributed by atoms with Crippen LogP contribution in [0.15, 0.2) is 34.9 Å². The highest BCUT2D eigenvalue weighted by Gasteiger charge is 2.28. The third-order valence-electron chi connectivity index (χ3n) is 3.35. The maximum Gasteiger partial charge on any atom is 0.214 e. The van der Waals surface area contributed by atoms with Crippen LogP contribution in [0.4, 0.5) is 0 Å². The first-order chi connectivity index (χ1) is 9.08. The van der Waals surface area contributed by atoms with E-state index in [0.717, 1.165) is 20.9 Å². The lowest BCUT2D eigenvalue weighted by Gasteiger charge is -2.15. The van der Waals surface area contributed by atoms with Gasteiger partial charge in [-0.05, 0) is 24.1 Å². The number of hydrogen-bond donors (Lipinski definition) is 0. The van der Waals surface area contributed by atoms with Crippen molar-refractivity contribution < 1.29 is 8.42 Å². The molecule has 4 nitrogen and oxygen atoms in total. The van der Waals surface area contributed by atoms with Gasteiger partial charge in [0.25, 0.3) is 0 Å². The van der Waals surface area contributed by atoms with Gasteiger partial charge < -0.3 is 0 Å². The highest BCUT2D eigenvalue weighted by atomic mass is 79.9. The monoisotopic (exact) mass is 340 g/mol. The molecule has 0 atom stereocenters. The van der Waals surface area contributed by atoms with Crippen molar-refractivity contribution in [3.63, 3.8) is 0 Å². The molecule has 1 aromatic carbocycles. The van der Waals surface area contributed by atoms with E-state index in [0.29, 0.717) is 19.5 Å². The smallest absolute Gasteiger partial charge is 0.214 e. The molecule has 2 aromatic rings. The number of halogens is 1. The van der Waals surface area contributed by atoms with E-state index in [2.05, 4.69) is 20.9 Å². The van der Waals surface area contributed by atoms with E-state index in [-0.39, 0.29) is 5.75 Å². The average Bonchev–Trinajstić information content (AvgIpc) is 2.72. The molecule has 2 heterocycles. The van der Waals surface area contributed by atoms with Gasteiger partial charge >= 0.3 is 0 Å². The maximum atomic E-state index is 11.9. The van der Waals surface area contributed by atoms with Crippen LogP contribution in [-0.4, -0.2) is 30.0 Å². The Hall–Kier alpha value is -0.980. The highest BCUT2D eigenvalue weighted by Crippen LogP contribution is 2.27. The van der Waals surface area contributed by atoms with Crippen molar-refractivity contribution in [3.8, 4) is 0 Å². The molecular weight excluding hydrogens is 328 g/mol. The normalized spacial score (nSPS) is 19.0. The first-order valence-corrected chi connectivity index (χ1v) is 8.48. The van der Waals surface area contributed by atoms with E-state index < -0.39 is 10.0 Å². The number of nitrogens with zero attached hydrogens (tertiary/aromatic N) is 2. The zero-order chi connectivity index (χ0) is 13.5. The Labute approximate surface area is 120 Å². The molecule has 1 aliphatic rings. The van der Waals surface area contributed by atoms with Gasteiger partial charge in [0.1, 0.15) is 0 Å². The number of rotatable bonds is 2. The molecule has 0 aliphatic carbocycles. The summed E-state index contributed by atoms with van der Waals surface area (Å²) in [6.07, 6.45) is 2.45. The largest absolute Gasteiger partial charge is 0.256 e. The van der Waals surface area contributed by atoms with Crippen molar-refractivity contribution in [2.45, 2.75) is 13.0 Å². The number of sulfonamides is 1. The van der Waals surface area contributed by atoms with E-state index in [4.69, 9.17) is 0 Å². The molecule has 19 heavy (non-hydrogen) atoms. The lowest BCUT2D eigenvalue weighted by atomic mass is 10.1. The molecule has 1 aromatic heterocycles. The van der Waals surface area contributed by atoms with Crippen LogP contribution >= 0.6 is 15.9 Å². The van der Waals surface area contributed by atoms with Crippen molar-refractivity contribution >= 4 is 36.9 Å². The molecule has 0 radical (unpaired) electrons.